The Balaban J connectivity index is 1.32. The molecule has 11 heteroatoms. The van der Waals surface area contributed by atoms with Crippen LogP contribution in [0.15, 0.2) is 47.2 Å². The number of carbonyl (C=O) groups excluding carboxylic acids is 2. The number of carbonyl (C=O) groups is 2. The third-order valence-corrected chi connectivity index (χ3v) is 6.67. The van der Waals surface area contributed by atoms with Crippen molar-refractivity contribution in [2.24, 2.45) is 0 Å². The highest BCUT2D eigenvalue weighted by molar-refractivity contribution is 6.04. The van der Waals surface area contributed by atoms with Gasteiger partial charge in [0.15, 0.2) is 0 Å². The predicted molar refractivity (Wildman–Crippen MR) is 139 cm³/mol. The van der Waals surface area contributed by atoms with Crippen LogP contribution in [-0.2, 0) is 11.2 Å². The molecule has 0 saturated carbocycles. The molecule has 1 aliphatic rings. The summed E-state index contributed by atoms with van der Waals surface area (Å²) in [5, 5.41) is 17.1. The number of benzene rings is 1. The van der Waals surface area contributed by atoms with Crippen molar-refractivity contribution in [2.45, 2.75) is 45.1 Å². The second kappa shape index (κ2) is 9.90. The molecule has 3 aromatic heterocycles. The Hall–Kier alpha value is -4.25. The summed E-state index contributed by atoms with van der Waals surface area (Å²) < 4.78 is 11.9. The van der Waals surface area contributed by atoms with Crippen LogP contribution in [0.1, 0.15) is 53.7 Å². The lowest BCUT2D eigenvalue weighted by atomic mass is 10.00. The number of methoxy groups -OCH3 is 1. The molecule has 2 amide bonds. The van der Waals surface area contributed by atoms with Crippen molar-refractivity contribution in [1.29, 1.82) is 0 Å². The number of pyridine rings is 1. The van der Waals surface area contributed by atoms with E-state index < -0.39 is 5.60 Å². The van der Waals surface area contributed by atoms with Gasteiger partial charge in [0.1, 0.15) is 11.3 Å². The zero-order valence-corrected chi connectivity index (χ0v) is 21.8. The molecular weight excluding hydrogens is 488 g/mol. The van der Waals surface area contributed by atoms with E-state index in [2.05, 4.69) is 20.4 Å². The van der Waals surface area contributed by atoms with Crippen LogP contribution in [0.4, 0.5) is 10.5 Å². The highest BCUT2D eigenvalue weighted by Gasteiger charge is 2.36. The van der Waals surface area contributed by atoms with Crippen LogP contribution in [-0.4, -0.2) is 67.3 Å². The van der Waals surface area contributed by atoms with E-state index in [0.29, 0.717) is 60.2 Å². The van der Waals surface area contributed by atoms with Crippen molar-refractivity contribution in [3.63, 3.8) is 0 Å². The summed E-state index contributed by atoms with van der Waals surface area (Å²) in [6.45, 7) is 6.38. The van der Waals surface area contributed by atoms with Crippen LogP contribution < -0.4 is 5.32 Å². The average Bonchev–Trinajstić information content (AvgIpc) is 3.50. The number of aliphatic hydroxyl groups is 1. The van der Waals surface area contributed by atoms with Gasteiger partial charge in [-0.15, -0.1) is 0 Å². The smallest absolute Gasteiger partial charge is 0.409 e. The fourth-order valence-electron chi connectivity index (χ4n) is 4.30. The summed E-state index contributed by atoms with van der Waals surface area (Å²) in [4.78, 5) is 35.3. The summed E-state index contributed by atoms with van der Waals surface area (Å²) in [7, 11) is 1.35. The topological polar surface area (TPSA) is 135 Å². The fourth-order valence-corrected chi connectivity index (χ4v) is 4.30. The second-order valence-corrected chi connectivity index (χ2v) is 10.2. The van der Waals surface area contributed by atoms with Crippen LogP contribution in [0.25, 0.3) is 17.0 Å². The molecule has 0 spiro atoms. The van der Waals surface area contributed by atoms with Crippen molar-refractivity contribution in [3.8, 4) is 11.4 Å². The zero-order valence-electron chi connectivity index (χ0n) is 21.8. The molecular formula is C27H30N6O5. The minimum Gasteiger partial charge on any atom is -0.453 e. The Morgan fingerprint density at radius 1 is 1.24 bits per heavy atom. The Kier molecular flexibility index (Phi) is 6.62. The van der Waals surface area contributed by atoms with E-state index in [9.17, 15) is 14.7 Å². The minimum atomic E-state index is -0.770. The van der Waals surface area contributed by atoms with E-state index in [-0.39, 0.29) is 17.9 Å². The zero-order chi connectivity index (χ0) is 27.0. The van der Waals surface area contributed by atoms with Gasteiger partial charge in [-0.1, -0.05) is 23.4 Å². The summed E-state index contributed by atoms with van der Waals surface area (Å²) in [6.07, 6.45) is 4.33. The number of amides is 2. The Morgan fingerprint density at radius 3 is 2.76 bits per heavy atom. The van der Waals surface area contributed by atoms with Gasteiger partial charge in [0.2, 0.25) is 11.7 Å². The third-order valence-electron chi connectivity index (χ3n) is 6.67. The lowest BCUT2D eigenvalue weighted by molar-refractivity contribution is 0.0713. The van der Waals surface area contributed by atoms with Gasteiger partial charge in [0, 0.05) is 30.5 Å². The molecule has 1 fully saturated rings. The summed E-state index contributed by atoms with van der Waals surface area (Å²) >= 11 is 0. The predicted octanol–water partition coefficient (Wildman–Crippen LogP) is 3.81. The molecule has 11 nitrogen and oxygen atoms in total. The molecule has 0 radical (unpaired) electrons. The van der Waals surface area contributed by atoms with Crippen LogP contribution in [0.5, 0.6) is 0 Å². The standard InChI is InChI=1S/C27H30N6O5/c1-16-5-7-18(23-30-25(38-31-23)19-14-32(15-19)26(35)37-4)11-20(16)29-24(34)21-12-28-22-8-6-17(13-33(21)22)9-10-27(2,3)36/h5-8,11-13,19,36H,9-10,14-15H2,1-4H3,(H,29,34). The Labute approximate surface area is 219 Å². The van der Waals surface area contributed by atoms with Gasteiger partial charge in [-0.25, -0.2) is 9.78 Å². The maximum absolute atomic E-state index is 13.3. The molecule has 0 bridgehead atoms. The number of fused-ring (bicyclic) bond motifs is 1. The summed E-state index contributed by atoms with van der Waals surface area (Å²) in [5.41, 5.74) is 3.47. The molecule has 4 heterocycles. The van der Waals surface area contributed by atoms with E-state index in [1.807, 2.05) is 37.4 Å². The van der Waals surface area contributed by atoms with Crippen LogP contribution in [0.3, 0.4) is 0 Å². The van der Waals surface area contributed by atoms with Crippen molar-refractivity contribution in [2.75, 3.05) is 25.5 Å². The maximum Gasteiger partial charge on any atom is 0.409 e. The highest BCUT2D eigenvalue weighted by atomic mass is 16.5. The number of likely N-dealkylation sites (tertiary alicyclic amines) is 1. The van der Waals surface area contributed by atoms with Crippen LogP contribution in [0, 0.1) is 6.92 Å². The van der Waals surface area contributed by atoms with Gasteiger partial charge in [-0.3, -0.25) is 9.20 Å². The average molecular weight is 519 g/mol. The number of ether oxygens (including phenoxy) is 1. The first-order chi connectivity index (χ1) is 18.1. The first kappa shape index (κ1) is 25.4. The third kappa shape index (κ3) is 5.23. The van der Waals surface area contributed by atoms with Crippen molar-refractivity contribution < 1.29 is 24.0 Å². The van der Waals surface area contributed by atoms with Crippen molar-refractivity contribution in [3.05, 3.63) is 65.4 Å². The number of rotatable bonds is 7. The maximum atomic E-state index is 13.3. The van der Waals surface area contributed by atoms with Gasteiger partial charge in [-0.05, 0) is 56.9 Å². The number of hydrogen-bond donors (Lipinski definition) is 2. The first-order valence-electron chi connectivity index (χ1n) is 12.4. The second-order valence-electron chi connectivity index (χ2n) is 10.2. The molecule has 198 valence electrons. The lowest BCUT2D eigenvalue weighted by Crippen LogP contribution is -2.48. The largest absolute Gasteiger partial charge is 0.453 e. The number of anilines is 1. The molecule has 0 unspecified atom stereocenters. The van der Waals surface area contributed by atoms with E-state index in [0.717, 1.165) is 11.1 Å². The van der Waals surface area contributed by atoms with Crippen molar-refractivity contribution in [1.82, 2.24) is 24.4 Å². The van der Waals surface area contributed by atoms with E-state index in [4.69, 9.17) is 9.26 Å². The number of nitrogens with zero attached hydrogens (tertiary/aromatic N) is 5. The minimum absolute atomic E-state index is 0.0385. The van der Waals surface area contributed by atoms with E-state index >= 15 is 0 Å². The highest BCUT2D eigenvalue weighted by Crippen LogP contribution is 2.29. The molecule has 4 aromatic rings. The number of aromatic nitrogens is 4. The Bertz CT molecular complexity index is 1500. The normalized spacial score (nSPS) is 14.0. The van der Waals surface area contributed by atoms with Crippen LogP contribution in [0.2, 0.25) is 0 Å². The van der Waals surface area contributed by atoms with E-state index in [1.165, 1.54) is 7.11 Å². The van der Waals surface area contributed by atoms with E-state index in [1.54, 1.807) is 35.4 Å². The quantitative estimate of drug-likeness (QED) is 0.377. The molecule has 1 aromatic carbocycles. The molecule has 2 N–H and O–H groups in total. The molecule has 1 aliphatic heterocycles. The molecule has 5 rings (SSSR count). The number of nitrogens with one attached hydrogen (secondary N) is 1. The molecule has 1 saturated heterocycles. The lowest BCUT2D eigenvalue weighted by Gasteiger charge is -2.35. The summed E-state index contributed by atoms with van der Waals surface area (Å²) in [5.74, 6) is 0.516. The first-order valence-corrected chi connectivity index (χ1v) is 12.4. The monoisotopic (exact) mass is 518 g/mol. The van der Waals surface area contributed by atoms with Gasteiger partial charge in [-0.2, -0.15) is 4.98 Å². The molecule has 0 atom stereocenters. The number of imidazole rings is 1. The Morgan fingerprint density at radius 2 is 2.03 bits per heavy atom. The molecule has 0 aliphatic carbocycles. The molecule has 38 heavy (non-hydrogen) atoms. The van der Waals surface area contributed by atoms with Gasteiger partial charge in [0.05, 0.1) is 24.8 Å². The van der Waals surface area contributed by atoms with Crippen molar-refractivity contribution >= 4 is 23.3 Å². The SMILES string of the molecule is COC(=O)N1CC(c2nc(-c3ccc(C)c(NC(=O)c4cnc5ccc(CCC(C)(C)O)cn45)c3)no2)C1. The van der Waals surface area contributed by atoms with Gasteiger partial charge in [0.25, 0.3) is 5.91 Å². The number of aryl methyl sites for hydroxylation is 2. The van der Waals surface area contributed by atoms with Gasteiger partial charge >= 0.3 is 6.09 Å². The van der Waals surface area contributed by atoms with Crippen LogP contribution >= 0.6 is 0 Å². The number of hydrogen-bond acceptors (Lipinski definition) is 8. The fraction of sp³-hybridized carbons (Fsp3) is 0.370. The van der Waals surface area contributed by atoms with Gasteiger partial charge < -0.3 is 24.6 Å². The summed E-state index contributed by atoms with van der Waals surface area (Å²) in [6, 6.07) is 9.38.